The van der Waals surface area contributed by atoms with E-state index in [-0.39, 0.29) is 0 Å². The van der Waals surface area contributed by atoms with Gasteiger partial charge in [-0.05, 0) is 127 Å². The number of methoxy groups -OCH3 is 2. The molecule has 0 aromatic heterocycles. The lowest BCUT2D eigenvalue weighted by Crippen LogP contribution is -2.35. The molecule has 1 unspecified atom stereocenters. The van der Waals surface area contributed by atoms with Gasteiger partial charge in [0.1, 0.15) is 23.1 Å². The van der Waals surface area contributed by atoms with Crippen molar-refractivity contribution in [3.05, 3.63) is 59.7 Å². The molecule has 0 N–H and O–H groups in total. The molecule has 0 amide bonds. The molecular weight excluding hydrogens is 620 g/mol. The summed E-state index contributed by atoms with van der Waals surface area (Å²) in [7, 11) is 3.40. The number of nitrogens with zero attached hydrogens (tertiary/aromatic N) is 2. The van der Waals surface area contributed by atoms with E-state index in [4.69, 9.17) is 9.47 Å². The standard InChI is InChI=1S/2C22H35NO2/c2*1-4-23(16-8-11-22(24)20-9-6-5-7-10-20)18(2)17-19-12-14-21(25-3)15-13-19/h2*12-15,18,20H,4-11,16-17H2,1-3H3/t18-;/m0./s1. The third kappa shape index (κ3) is 14.9. The molecule has 6 nitrogen and oxygen atoms in total. The Morgan fingerprint density at radius 2 is 0.940 bits per heavy atom. The summed E-state index contributed by atoms with van der Waals surface area (Å²) < 4.78 is 10.5. The van der Waals surface area contributed by atoms with E-state index in [2.05, 4.69) is 61.8 Å². The number of benzene rings is 2. The van der Waals surface area contributed by atoms with E-state index in [1.54, 1.807) is 14.2 Å². The normalized spacial score (nSPS) is 16.8. The van der Waals surface area contributed by atoms with Gasteiger partial charge in [-0.2, -0.15) is 0 Å². The van der Waals surface area contributed by atoms with Gasteiger partial charge in [0.05, 0.1) is 14.2 Å². The quantitative estimate of drug-likeness (QED) is 0.138. The number of ketones is 2. The molecule has 280 valence electrons. The number of ether oxygens (including phenoxy) is 2. The number of carbonyl (C=O) groups is 2. The molecule has 2 fully saturated rings. The van der Waals surface area contributed by atoms with Crippen LogP contribution in [-0.4, -0.2) is 73.8 Å². The highest BCUT2D eigenvalue weighted by molar-refractivity contribution is 5.81. The van der Waals surface area contributed by atoms with Crippen LogP contribution >= 0.6 is 0 Å². The largest absolute Gasteiger partial charge is 0.497 e. The van der Waals surface area contributed by atoms with Gasteiger partial charge in [0.15, 0.2) is 0 Å². The van der Waals surface area contributed by atoms with Crippen LogP contribution in [0.15, 0.2) is 48.5 Å². The van der Waals surface area contributed by atoms with Gasteiger partial charge < -0.3 is 19.3 Å². The van der Waals surface area contributed by atoms with E-state index in [1.807, 2.05) is 24.3 Å². The van der Waals surface area contributed by atoms with Crippen molar-refractivity contribution < 1.29 is 19.1 Å². The summed E-state index contributed by atoms with van der Waals surface area (Å²) in [5.74, 6) is 3.56. The SMILES string of the molecule is CCN(CCCC(=O)C1CCCCC1)C(C)Cc1ccc(OC)cc1.CCN(CCCC(=O)C1CCCCC1)[C@@H](C)Cc1ccc(OC)cc1. The highest BCUT2D eigenvalue weighted by Crippen LogP contribution is 2.27. The van der Waals surface area contributed by atoms with E-state index < -0.39 is 0 Å². The zero-order valence-corrected chi connectivity index (χ0v) is 32.6. The number of rotatable bonds is 20. The van der Waals surface area contributed by atoms with Gasteiger partial charge in [0.25, 0.3) is 0 Å². The van der Waals surface area contributed by atoms with Crippen molar-refractivity contribution in [3.8, 4) is 11.5 Å². The number of likely N-dealkylation sites (N-methyl/N-ethyl adjacent to an activating group) is 2. The Balaban J connectivity index is 0.000000270. The number of hydrogen-bond donors (Lipinski definition) is 0. The summed E-state index contributed by atoms with van der Waals surface area (Å²) in [4.78, 5) is 29.7. The van der Waals surface area contributed by atoms with Gasteiger partial charge in [0.2, 0.25) is 0 Å². The minimum Gasteiger partial charge on any atom is -0.497 e. The van der Waals surface area contributed by atoms with Crippen LogP contribution in [0.4, 0.5) is 0 Å². The molecule has 50 heavy (non-hydrogen) atoms. The molecule has 2 aliphatic carbocycles. The predicted molar refractivity (Wildman–Crippen MR) is 208 cm³/mol. The first-order valence-electron chi connectivity index (χ1n) is 20.1. The van der Waals surface area contributed by atoms with Crippen molar-refractivity contribution >= 4 is 11.6 Å². The Kier molecular flexibility index (Phi) is 19.8. The minimum absolute atomic E-state index is 0.362. The van der Waals surface area contributed by atoms with Crippen LogP contribution in [0.25, 0.3) is 0 Å². The maximum atomic E-state index is 12.4. The zero-order chi connectivity index (χ0) is 36.1. The first kappa shape index (κ1) is 41.7. The van der Waals surface area contributed by atoms with Gasteiger partial charge in [-0.15, -0.1) is 0 Å². The lowest BCUT2D eigenvalue weighted by Gasteiger charge is -2.28. The molecule has 2 aromatic rings. The lowest BCUT2D eigenvalue weighted by atomic mass is 9.85. The fourth-order valence-corrected chi connectivity index (χ4v) is 8.01. The Bertz CT molecular complexity index is 1110. The summed E-state index contributed by atoms with van der Waals surface area (Å²) in [6.45, 7) is 13.1. The summed E-state index contributed by atoms with van der Waals surface area (Å²) >= 11 is 0. The first-order valence-corrected chi connectivity index (χ1v) is 20.1. The molecule has 4 rings (SSSR count). The van der Waals surface area contributed by atoms with Crippen molar-refractivity contribution in [2.75, 3.05) is 40.4 Å². The molecule has 0 radical (unpaired) electrons. The molecule has 2 saturated carbocycles. The van der Waals surface area contributed by atoms with Crippen molar-refractivity contribution in [1.29, 1.82) is 0 Å². The topological polar surface area (TPSA) is 59.1 Å². The second kappa shape index (κ2) is 23.7. The van der Waals surface area contributed by atoms with Gasteiger partial charge in [-0.25, -0.2) is 0 Å². The smallest absolute Gasteiger partial charge is 0.136 e. The molecule has 6 heteroatoms. The third-order valence-electron chi connectivity index (χ3n) is 11.3. The van der Waals surface area contributed by atoms with Gasteiger partial charge in [0, 0.05) is 36.8 Å². The van der Waals surface area contributed by atoms with E-state index in [9.17, 15) is 9.59 Å². The second-order valence-corrected chi connectivity index (χ2v) is 14.9. The highest BCUT2D eigenvalue weighted by Gasteiger charge is 2.22. The molecule has 2 atom stereocenters. The summed E-state index contributed by atoms with van der Waals surface area (Å²) in [6.07, 6.45) is 17.7. The summed E-state index contributed by atoms with van der Waals surface area (Å²) in [5, 5.41) is 0. The van der Waals surface area contributed by atoms with Crippen molar-refractivity contribution in [2.45, 2.75) is 143 Å². The Labute approximate surface area is 305 Å². The first-order chi connectivity index (χ1) is 24.3. The van der Waals surface area contributed by atoms with Gasteiger partial charge >= 0.3 is 0 Å². The van der Waals surface area contributed by atoms with E-state index >= 15 is 0 Å². The predicted octanol–water partition coefficient (Wildman–Crippen LogP) is 9.76. The van der Waals surface area contributed by atoms with Gasteiger partial charge in [-0.1, -0.05) is 76.6 Å². The Morgan fingerprint density at radius 1 is 0.600 bits per heavy atom. The van der Waals surface area contributed by atoms with Crippen LogP contribution in [0, 0.1) is 11.8 Å². The maximum absolute atomic E-state index is 12.4. The van der Waals surface area contributed by atoms with Crippen LogP contribution in [-0.2, 0) is 22.4 Å². The lowest BCUT2D eigenvalue weighted by molar-refractivity contribution is -0.124. The van der Waals surface area contributed by atoms with Crippen molar-refractivity contribution in [2.24, 2.45) is 11.8 Å². The number of carbonyl (C=O) groups excluding carboxylic acids is 2. The van der Waals surface area contributed by atoms with Crippen LogP contribution in [0.5, 0.6) is 11.5 Å². The van der Waals surface area contributed by atoms with Gasteiger partial charge in [-0.3, -0.25) is 9.59 Å². The molecule has 2 aliphatic rings. The molecule has 2 aromatic carbocycles. The summed E-state index contributed by atoms with van der Waals surface area (Å²) in [6, 6.07) is 17.7. The second-order valence-electron chi connectivity index (χ2n) is 14.9. The fourth-order valence-electron chi connectivity index (χ4n) is 8.01. The molecule has 0 aliphatic heterocycles. The maximum Gasteiger partial charge on any atom is 0.136 e. The number of Topliss-reactive ketones (excluding diaryl/α,β-unsaturated/α-hetero) is 2. The van der Waals surface area contributed by atoms with E-state index in [1.165, 1.54) is 49.7 Å². The van der Waals surface area contributed by atoms with Crippen LogP contribution in [0.2, 0.25) is 0 Å². The van der Waals surface area contributed by atoms with Crippen molar-refractivity contribution in [3.63, 3.8) is 0 Å². The van der Waals surface area contributed by atoms with Crippen LogP contribution < -0.4 is 9.47 Å². The average Bonchev–Trinajstić information content (AvgIpc) is 3.16. The molecule has 0 spiro atoms. The minimum atomic E-state index is 0.362. The average molecular weight is 691 g/mol. The monoisotopic (exact) mass is 691 g/mol. The van der Waals surface area contributed by atoms with Crippen LogP contribution in [0.3, 0.4) is 0 Å². The molecule has 0 saturated heterocycles. The molecule has 0 heterocycles. The van der Waals surface area contributed by atoms with E-state index in [0.29, 0.717) is 35.5 Å². The number of hydrogen-bond acceptors (Lipinski definition) is 6. The molecular formula is C44H70N2O4. The van der Waals surface area contributed by atoms with E-state index in [0.717, 1.165) is 102 Å². The fraction of sp³-hybridized carbons (Fsp3) is 0.682. The highest BCUT2D eigenvalue weighted by atomic mass is 16.5. The van der Waals surface area contributed by atoms with Crippen LogP contribution in [0.1, 0.15) is 129 Å². The zero-order valence-electron chi connectivity index (χ0n) is 32.6. The Hall–Kier alpha value is -2.70. The molecule has 0 bridgehead atoms. The third-order valence-corrected chi connectivity index (χ3v) is 11.3. The summed E-state index contributed by atoms with van der Waals surface area (Å²) in [5.41, 5.74) is 2.68. The Morgan fingerprint density at radius 3 is 1.24 bits per heavy atom. The van der Waals surface area contributed by atoms with Crippen molar-refractivity contribution in [1.82, 2.24) is 9.80 Å².